The van der Waals surface area contributed by atoms with Crippen molar-refractivity contribution in [3.8, 4) is 10.7 Å². The van der Waals surface area contributed by atoms with Gasteiger partial charge >= 0.3 is 0 Å². The van der Waals surface area contributed by atoms with Gasteiger partial charge in [-0.05, 0) is 49.3 Å². The van der Waals surface area contributed by atoms with Crippen molar-refractivity contribution in [1.82, 2.24) is 14.8 Å². The molecule has 0 saturated heterocycles. The Labute approximate surface area is 123 Å². The molecule has 0 spiro atoms. The fraction of sp³-hybridized carbons (Fsp3) is 0.571. The van der Waals surface area contributed by atoms with Gasteiger partial charge in [0.1, 0.15) is 0 Å². The van der Waals surface area contributed by atoms with Gasteiger partial charge in [-0.25, -0.2) is 0 Å². The highest BCUT2D eigenvalue weighted by molar-refractivity contribution is 7.71. The molecule has 0 aromatic carbocycles. The fourth-order valence-corrected chi connectivity index (χ4v) is 3.89. The third-order valence-electron chi connectivity index (χ3n) is 2.98. The summed E-state index contributed by atoms with van der Waals surface area (Å²) in [7, 11) is 0. The number of thiophene rings is 1. The molecule has 0 bridgehead atoms. The first-order valence-corrected chi connectivity index (χ1v) is 7.71. The van der Waals surface area contributed by atoms with Crippen LogP contribution in [-0.4, -0.2) is 14.8 Å². The molecule has 0 atom stereocenters. The van der Waals surface area contributed by atoms with Crippen molar-refractivity contribution in [2.45, 2.75) is 46.6 Å². The van der Waals surface area contributed by atoms with Crippen molar-refractivity contribution in [3.05, 3.63) is 22.3 Å². The van der Waals surface area contributed by atoms with Crippen molar-refractivity contribution < 1.29 is 0 Å². The topological polar surface area (TPSA) is 33.6 Å². The smallest absolute Gasteiger partial charge is 0.195 e. The molecule has 0 saturated carbocycles. The lowest BCUT2D eigenvalue weighted by Crippen LogP contribution is -2.32. The Kier molecular flexibility index (Phi) is 3.71. The monoisotopic (exact) mass is 295 g/mol. The maximum absolute atomic E-state index is 5.43. The van der Waals surface area contributed by atoms with Gasteiger partial charge in [0, 0.05) is 5.54 Å². The SMILES string of the molecule is CC(C)(C)CC(C)(C)n1c(-c2cccs2)n[nH]c1=S. The van der Waals surface area contributed by atoms with E-state index in [1.807, 2.05) is 6.07 Å². The second-order valence-corrected chi connectivity index (χ2v) is 8.05. The van der Waals surface area contributed by atoms with Crippen molar-refractivity contribution in [1.29, 1.82) is 0 Å². The summed E-state index contributed by atoms with van der Waals surface area (Å²) in [4.78, 5) is 1.15. The molecule has 0 amide bonds. The van der Waals surface area contributed by atoms with Crippen LogP contribution in [0.1, 0.15) is 41.0 Å². The van der Waals surface area contributed by atoms with E-state index in [1.54, 1.807) is 11.3 Å². The molecule has 0 aliphatic heterocycles. The molecule has 0 radical (unpaired) electrons. The maximum atomic E-state index is 5.43. The van der Waals surface area contributed by atoms with E-state index in [-0.39, 0.29) is 11.0 Å². The zero-order chi connectivity index (χ0) is 14.3. The van der Waals surface area contributed by atoms with E-state index in [9.17, 15) is 0 Å². The molecule has 2 rings (SSSR count). The molecule has 5 heteroatoms. The summed E-state index contributed by atoms with van der Waals surface area (Å²) in [5, 5.41) is 9.41. The van der Waals surface area contributed by atoms with Crippen molar-refractivity contribution in [2.24, 2.45) is 5.41 Å². The quantitative estimate of drug-likeness (QED) is 0.822. The highest BCUT2D eigenvalue weighted by atomic mass is 32.1. The third kappa shape index (κ3) is 3.15. The number of hydrogen-bond donors (Lipinski definition) is 1. The molecular formula is C14H21N3S2. The number of aromatic amines is 1. The minimum Gasteiger partial charge on any atom is -0.294 e. The summed E-state index contributed by atoms with van der Waals surface area (Å²) in [5.74, 6) is 0.939. The van der Waals surface area contributed by atoms with Crippen LogP contribution in [0.25, 0.3) is 10.7 Å². The van der Waals surface area contributed by atoms with Gasteiger partial charge in [-0.15, -0.1) is 11.3 Å². The van der Waals surface area contributed by atoms with E-state index < -0.39 is 0 Å². The van der Waals surface area contributed by atoms with E-state index in [4.69, 9.17) is 12.2 Å². The number of nitrogens with one attached hydrogen (secondary N) is 1. The summed E-state index contributed by atoms with van der Waals surface area (Å²) >= 11 is 7.12. The Bertz CT molecular complexity index is 597. The predicted octanol–water partition coefficient (Wildman–Crippen LogP) is 4.84. The van der Waals surface area contributed by atoms with Gasteiger partial charge in [-0.1, -0.05) is 26.8 Å². The maximum Gasteiger partial charge on any atom is 0.195 e. The normalized spacial score (nSPS) is 12.9. The number of rotatable bonds is 3. The Balaban J connectivity index is 2.51. The Morgan fingerprint density at radius 2 is 2.00 bits per heavy atom. The predicted molar refractivity (Wildman–Crippen MR) is 84.1 cm³/mol. The first-order valence-electron chi connectivity index (χ1n) is 6.42. The highest BCUT2D eigenvalue weighted by Crippen LogP contribution is 2.35. The van der Waals surface area contributed by atoms with Gasteiger partial charge in [0.05, 0.1) is 4.88 Å². The number of H-pyrrole nitrogens is 1. The van der Waals surface area contributed by atoms with Crippen molar-refractivity contribution >= 4 is 23.6 Å². The lowest BCUT2D eigenvalue weighted by atomic mass is 9.81. The summed E-state index contributed by atoms with van der Waals surface area (Å²) in [5.41, 5.74) is 0.171. The van der Waals surface area contributed by atoms with Gasteiger partial charge in [-0.3, -0.25) is 9.67 Å². The standard InChI is InChI=1S/C14H21N3S2/c1-13(2,3)9-14(4,5)17-11(15-16-12(17)18)10-7-6-8-19-10/h6-8H,9H2,1-5H3,(H,16,18). The van der Waals surface area contributed by atoms with Crippen LogP contribution >= 0.6 is 23.6 Å². The lowest BCUT2D eigenvalue weighted by Gasteiger charge is -2.34. The number of hydrogen-bond acceptors (Lipinski definition) is 3. The van der Waals surface area contributed by atoms with Crippen LogP contribution in [0.15, 0.2) is 17.5 Å². The molecule has 19 heavy (non-hydrogen) atoms. The van der Waals surface area contributed by atoms with E-state index in [0.717, 1.165) is 17.1 Å². The summed E-state index contributed by atoms with van der Waals surface area (Å²) in [6, 6.07) is 4.12. The van der Waals surface area contributed by atoms with E-state index >= 15 is 0 Å². The lowest BCUT2D eigenvalue weighted by molar-refractivity contribution is 0.214. The largest absolute Gasteiger partial charge is 0.294 e. The van der Waals surface area contributed by atoms with Crippen molar-refractivity contribution in [3.63, 3.8) is 0 Å². The third-order valence-corrected chi connectivity index (χ3v) is 4.12. The summed E-state index contributed by atoms with van der Waals surface area (Å²) in [6.07, 6.45) is 1.03. The second-order valence-electron chi connectivity index (χ2n) is 6.71. The first kappa shape index (κ1) is 14.5. The molecule has 0 unspecified atom stereocenters. The van der Waals surface area contributed by atoms with E-state index in [0.29, 0.717) is 4.77 Å². The van der Waals surface area contributed by atoms with Crippen LogP contribution in [0.2, 0.25) is 0 Å². The van der Waals surface area contributed by atoms with Crippen LogP contribution in [0.4, 0.5) is 0 Å². The van der Waals surface area contributed by atoms with Gasteiger partial charge in [0.15, 0.2) is 10.6 Å². The van der Waals surface area contributed by atoms with E-state index in [1.165, 1.54) is 0 Å². The van der Waals surface area contributed by atoms with Gasteiger partial charge in [-0.2, -0.15) is 5.10 Å². The average molecular weight is 295 g/mol. The second kappa shape index (κ2) is 4.87. The average Bonchev–Trinajstić information content (AvgIpc) is 2.80. The Morgan fingerprint density at radius 3 is 2.53 bits per heavy atom. The molecule has 2 aromatic rings. The van der Waals surface area contributed by atoms with Gasteiger partial charge < -0.3 is 0 Å². The van der Waals surface area contributed by atoms with Crippen molar-refractivity contribution in [2.75, 3.05) is 0 Å². The van der Waals surface area contributed by atoms with Crippen LogP contribution in [0.3, 0.4) is 0 Å². The molecule has 3 nitrogen and oxygen atoms in total. The molecule has 2 aromatic heterocycles. The van der Waals surface area contributed by atoms with Gasteiger partial charge in [0.25, 0.3) is 0 Å². The van der Waals surface area contributed by atoms with Crippen LogP contribution < -0.4 is 0 Å². The zero-order valence-electron chi connectivity index (χ0n) is 12.2. The van der Waals surface area contributed by atoms with Crippen LogP contribution in [0, 0.1) is 10.2 Å². The molecule has 0 aliphatic rings. The molecule has 1 N–H and O–H groups in total. The number of nitrogens with zero attached hydrogens (tertiary/aromatic N) is 2. The zero-order valence-corrected chi connectivity index (χ0v) is 13.8. The Morgan fingerprint density at radius 1 is 1.32 bits per heavy atom. The van der Waals surface area contributed by atoms with E-state index in [2.05, 4.69) is 60.8 Å². The minimum atomic E-state index is -0.0678. The molecule has 2 heterocycles. The van der Waals surface area contributed by atoms with Crippen LogP contribution in [0.5, 0.6) is 0 Å². The number of aromatic nitrogens is 3. The Hall–Kier alpha value is -0.940. The van der Waals surface area contributed by atoms with Crippen LogP contribution in [-0.2, 0) is 5.54 Å². The molecule has 0 aliphatic carbocycles. The minimum absolute atomic E-state index is 0.0678. The highest BCUT2D eigenvalue weighted by Gasteiger charge is 2.30. The first-order chi connectivity index (χ1) is 8.71. The molecule has 104 valence electrons. The molecular weight excluding hydrogens is 274 g/mol. The van der Waals surface area contributed by atoms with Gasteiger partial charge in [0.2, 0.25) is 0 Å². The summed E-state index contributed by atoms with van der Waals surface area (Å²) < 4.78 is 2.84. The fourth-order valence-electron chi connectivity index (χ4n) is 2.81. The molecule has 0 fully saturated rings. The summed E-state index contributed by atoms with van der Waals surface area (Å²) in [6.45, 7) is 11.2.